The standard InChI is InChI=1S/C18H33N5O5S/c1-29-10-7-14(18(27)28)22-15(24)11-21-16(25)13(5-2-3-8-19)23-17(26)12-6-4-9-20-12/h12-14,20H,2-11,19H2,1H3,(H,21,25)(H,22,24)(H,23,26)(H,27,28). The average molecular weight is 432 g/mol. The van der Waals surface area contributed by atoms with Gasteiger partial charge in [0.2, 0.25) is 17.7 Å². The minimum atomic E-state index is -1.12. The Morgan fingerprint density at radius 3 is 2.52 bits per heavy atom. The van der Waals surface area contributed by atoms with Crippen LogP contribution in [-0.4, -0.2) is 78.6 Å². The molecular weight excluding hydrogens is 398 g/mol. The first kappa shape index (κ1) is 25.2. The first-order valence-corrected chi connectivity index (χ1v) is 11.3. The van der Waals surface area contributed by atoms with Gasteiger partial charge in [0.15, 0.2) is 0 Å². The van der Waals surface area contributed by atoms with E-state index < -0.39 is 29.9 Å². The highest BCUT2D eigenvalue weighted by Crippen LogP contribution is 2.07. The van der Waals surface area contributed by atoms with Crippen LogP contribution in [0.1, 0.15) is 38.5 Å². The molecule has 0 aromatic rings. The Kier molecular flexibility index (Phi) is 12.3. The lowest BCUT2D eigenvalue weighted by Crippen LogP contribution is -2.53. The van der Waals surface area contributed by atoms with E-state index in [1.807, 2.05) is 6.26 Å². The number of amides is 3. The fourth-order valence-corrected chi connectivity index (χ4v) is 3.44. The molecule has 11 heteroatoms. The summed E-state index contributed by atoms with van der Waals surface area (Å²) in [6.07, 6.45) is 5.56. The quantitative estimate of drug-likeness (QED) is 0.187. The normalized spacial score (nSPS) is 17.9. The molecule has 29 heavy (non-hydrogen) atoms. The average Bonchev–Trinajstić information content (AvgIpc) is 3.23. The van der Waals surface area contributed by atoms with Crippen LogP contribution in [0.4, 0.5) is 0 Å². The Morgan fingerprint density at radius 1 is 1.17 bits per heavy atom. The van der Waals surface area contributed by atoms with Crippen molar-refractivity contribution in [1.82, 2.24) is 21.3 Å². The Morgan fingerprint density at radius 2 is 1.93 bits per heavy atom. The molecule has 0 saturated carbocycles. The molecule has 166 valence electrons. The van der Waals surface area contributed by atoms with Crippen molar-refractivity contribution in [2.45, 2.75) is 56.7 Å². The van der Waals surface area contributed by atoms with E-state index in [0.29, 0.717) is 31.6 Å². The Bertz CT molecular complexity index is 557. The summed E-state index contributed by atoms with van der Waals surface area (Å²) in [5, 5.41) is 19.9. The third-order valence-electron chi connectivity index (χ3n) is 4.62. The number of thioether (sulfide) groups is 1. The van der Waals surface area contributed by atoms with Gasteiger partial charge in [0.25, 0.3) is 0 Å². The number of hydrogen-bond acceptors (Lipinski definition) is 7. The molecule has 0 aliphatic carbocycles. The summed E-state index contributed by atoms with van der Waals surface area (Å²) in [5.74, 6) is -1.82. The van der Waals surface area contributed by atoms with Gasteiger partial charge in [0.1, 0.15) is 12.1 Å². The van der Waals surface area contributed by atoms with E-state index >= 15 is 0 Å². The van der Waals surface area contributed by atoms with Gasteiger partial charge in [-0.3, -0.25) is 14.4 Å². The topological polar surface area (TPSA) is 163 Å². The lowest BCUT2D eigenvalue weighted by Gasteiger charge is -2.21. The molecule has 1 rings (SSSR count). The summed E-state index contributed by atoms with van der Waals surface area (Å²) in [7, 11) is 0. The number of carboxylic acids is 1. The molecule has 10 nitrogen and oxygen atoms in total. The zero-order valence-corrected chi connectivity index (χ0v) is 17.7. The number of rotatable bonds is 14. The van der Waals surface area contributed by atoms with Crippen LogP contribution in [0.2, 0.25) is 0 Å². The van der Waals surface area contributed by atoms with Crippen LogP contribution in [0.5, 0.6) is 0 Å². The number of carboxylic acid groups (broad SMARTS) is 1. The fourth-order valence-electron chi connectivity index (χ4n) is 2.97. The second kappa shape index (κ2) is 14.2. The van der Waals surface area contributed by atoms with Gasteiger partial charge in [0, 0.05) is 0 Å². The van der Waals surface area contributed by atoms with Gasteiger partial charge in [-0.25, -0.2) is 4.79 Å². The summed E-state index contributed by atoms with van der Waals surface area (Å²) in [5.41, 5.74) is 5.50. The van der Waals surface area contributed by atoms with E-state index in [1.165, 1.54) is 11.8 Å². The van der Waals surface area contributed by atoms with E-state index in [0.717, 1.165) is 25.8 Å². The molecule has 3 unspecified atom stereocenters. The van der Waals surface area contributed by atoms with Crippen molar-refractivity contribution in [3.63, 3.8) is 0 Å². The molecule has 3 amide bonds. The third-order valence-corrected chi connectivity index (χ3v) is 5.27. The van der Waals surface area contributed by atoms with Gasteiger partial charge >= 0.3 is 5.97 Å². The molecule has 0 aromatic carbocycles. The highest BCUT2D eigenvalue weighted by atomic mass is 32.2. The van der Waals surface area contributed by atoms with E-state index in [9.17, 15) is 19.2 Å². The second-order valence-corrected chi connectivity index (χ2v) is 7.94. The van der Waals surface area contributed by atoms with Gasteiger partial charge in [-0.15, -0.1) is 0 Å². The second-order valence-electron chi connectivity index (χ2n) is 6.95. The maximum atomic E-state index is 12.5. The number of nitrogens with one attached hydrogen (secondary N) is 4. The van der Waals surface area contributed by atoms with Crippen molar-refractivity contribution in [1.29, 1.82) is 0 Å². The lowest BCUT2D eigenvalue weighted by atomic mass is 10.1. The number of carbonyl (C=O) groups excluding carboxylic acids is 3. The number of nitrogens with two attached hydrogens (primary N) is 1. The van der Waals surface area contributed by atoms with Gasteiger partial charge in [-0.05, 0) is 63.6 Å². The Hall–Kier alpha value is -1.85. The number of unbranched alkanes of at least 4 members (excludes halogenated alkanes) is 1. The summed E-state index contributed by atoms with van der Waals surface area (Å²) < 4.78 is 0. The summed E-state index contributed by atoms with van der Waals surface area (Å²) in [6.45, 7) is 0.901. The molecule has 0 radical (unpaired) electrons. The van der Waals surface area contributed by atoms with E-state index in [4.69, 9.17) is 10.8 Å². The predicted molar refractivity (Wildman–Crippen MR) is 111 cm³/mol. The highest BCUT2D eigenvalue weighted by Gasteiger charge is 2.27. The number of carbonyl (C=O) groups is 4. The van der Waals surface area contributed by atoms with Gasteiger partial charge in [0.05, 0.1) is 12.6 Å². The molecule has 1 aliphatic heterocycles. The number of aliphatic carboxylic acids is 1. The van der Waals surface area contributed by atoms with Crippen LogP contribution in [0, 0.1) is 0 Å². The molecule has 0 aromatic heterocycles. The largest absolute Gasteiger partial charge is 0.480 e. The van der Waals surface area contributed by atoms with Crippen molar-refractivity contribution >= 4 is 35.5 Å². The lowest BCUT2D eigenvalue weighted by molar-refractivity contribution is -0.141. The summed E-state index contributed by atoms with van der Waals surface area (Å²) in [6, 6.07) is -2.08. The fraction of sp³-hybridized carbons (Fsp3) is 0.778. The van der Waals surface area contributed by atoms with E-state index in [2.05, 4.69) is 21.3 Å². The zero-order chi connectivity index (χ0) is 21.6. The smallest absolute Gasteiger partial charge is 0.326 e. The minimum Gasteiger partial charge on any atom is -0.480 e. The molecule has 0 bridgehead atoms. The number of hydrogen-bond donors (Lipinski definition) is 6. The van der Waals surface area contributed by atoms with Gasteiger partial charge in [-0.1, -0.05) is 0 Å². The van der Waals surface area contributed by atoms with Crippen LogP contribution in [0.3, 0.4) is 0 Å². The van der Waals surface area contributed by atoms with Crippen LogP contribution < -0.4 is 27.0 Å². The third kappa shape index (κ3) is 9.95. The molecule has 1 fully saturated rings. The van der Waals surface area contributed by atoms with E-state index in [-0.39, 0.29) is 18.5 Å². The highest BCUT2D eigenvalue weighted by molar-refractivity contribution is 7.98. The van der Waals surface area contributed by atoms with Crippen LogP contribution >= 0.6 is 11.8 Å². The first-order valence-electron chi connectivity index (χ1n) is 9.91. The molecule has 1 saturated heterocycles. The van der Waals surface area contributed by atoms with Crippen molar-refractivity contribution in [3.05, 3.63) is 0 Å². The molecule has 1 heterocycles. The van der Waals surface area contributed by atoms with Crippen LogP contribution in [-0.2, 0) is 19.2 Å². The predicted octanol–water partition coefficient (Wildman–Crippen LogP) is -1.21. The molecule has 0 spiro atoms. The Labute approximate surface area is 175 Å². The van der Waals surface area contributed by atoms with Crippen molar-refractivity contribution in [3.8, 4) is 0 Å². The monoisotopic (exact) mass is 431 g/mol. The maximum absolute atomic E-state index is 12.5. The summed E-state index contributed by atoms with van der Waals surface area (Å²) in [4.78, 5) is 48.1. The van der Waals surface area contributed by atoms with Gasteiger partial charge < -0.3 is 32.1 Å². The minimum absolute atomic E-state index is 0.233. The van der Waals surface area contributed by atoms with E-state index in [1.54, 1.807) is 0 Å². The molecule has 7 N–H and O–H groups in total. The zero-order valence-electron chi connectivity index (χ0n) is 16.9. The molecule has 1 aliphatic rings. The maximum Gasteiger partial charge on any atom is 0.326 e. The SMILES string of the molecule is CSCCC(NC(=O)CNC(=O)C(CCCCN)NC(=O)C1CCCN1)C(=O)O. The van der Waals surface area contributed by atoms with Crippen LogP contribution in [0.25, 0.3) is 0 Å². The first-order chi connectivity index (χ1) is 13.9. The van der Waals surface area contributed by atoms with Gasteiger partial charge in [-0.2, -0.15) is 11.8 Å². The molecular formula is C18H33N5O5S. The van der Waals surface area contributed by atoms with Crippen molar-refractivity contribution < 1.29 is 24.3 Å². The van der Waals surface area contributed by atoms with Crippen molar-refractivity contribution in [2.24, 2.45) is 5.73 Å². The molecule has 3 atom stereocenters. The summed E-state index contributed by atoms with van der Waals surface area (Å²) >= 11 is 1.48. The van der Waals surface area contributed by atoms with Crippen molar-refractivity contribution in [2.75, 3.05) is 31.6 Å². The Balaban J connectivity index is 2.54. The van der Waals surface area contributed by atoms with Crippen LogP contribution in [0.15, 0.2) is 0 Å².